The summed E-state index contributed by atoms with van der Waals surface area (Å²) in [6.07, 6.45) is 7.60. The Hall–Kier alpha value is -1.76. The number of hydrogen-bond acceptors (Lipinski definition) is 1. The SMILES string of the molecule is Cc1cccc(C2=C[CH+]C(=N)C=C2)c1. The van der Waals surface area contributed by atoms with Crippen LogP contribution < -0.4 is 0 Å². The fourth-order valence-corrected chi connectivity index (χ4v) is 1.49. The Balaban J connectivity index is 2.33. The third-order valence-electron chi connectivity index (χ3n) is 2.24. The van der Waals surface area contributed by atoms with Gasteiger partial charge in [-0.2, -0.15) is 0 Å². The molecule has 1 aliphatic rings. The molecule has 0 fully saturated rings. The lowest BCUT2D eigenvalue weighted by Gasteiger charge is -2.01. The minimum atomic E-state index is 0.557. The lowest BCUT2D eigenvalue weighted by molar-refractivity contribution is 1.44. The van der Waals surface area contributed by atoms with Gasteiger partial charge in [0.15, 0.2) is 5.71 Å². The molecular weight excluding hydrogens is 170 g/mol. The third kappa shape index (κ3) is 1.77. The number of nitrogens with one attached hydrogen (secondary N) is 1. The van der Waals surface area contributed by atoms with Crippen molar-refractivity contribution in [2.45, 2.75) is 6.92 Å². The van der Waals surface area contributed by atoms with Crippen LogP contribution >= 0.6 is 0 Å². The molecule has 68 valence electrons. The number of benzene rings is 1. The second-order valence-corrected chi connectivity index (χ2v) is 3.45. The third-order valence-corrected chi connectivity index (χ3v) is 2.24. The lowest BCUT2D eigenvalue weighted by Crippen LogP contribution is -1.96. The maximum absolute atomic E-state index is 7.40. The Morgan fingerprint density at radius 2 is 2.07 bits per heavy atom. The second-order valence-electron chi connectivity index (χ2n) is 3.45. The van der Waals surface area contributed by atoms with Gasteiger partial charge in [-0.25, -0.2) is 0 Å². The fourth-order valence-electron chi connectivity index (χ4n) is 1.49. The molecule has 1 aromatic carbocycles. The summed E-state index contributed by atoms with van der Waals surface area (Å²) in [7, 11) is 0. The van der Waals surface area contributed by atoms with E-state index in [2.05, 4.69) is 31.2 Å². The summed E-state index contributed by atoms with van der Waals surface area (Å²) >= 11 is 0. The van der Waals surface area contributed by atoms with Crippen molar-refractivity contribution in [1.82, 2.24) is 0 Å². The van der Waals surface area contributed by atoms with E-state index in [9.17, 15) is 0 Å². The first kappa shape index (κ1) is 8.82. The zero-order chi connectivity index (χ0) is 9.97. The van der Waals surface area contributed by atoms with E-state index in [1.54, 1.807) is 0 Å². The molecule has 1 nitrogen and oxygen atoms in total. The Bertz CT molecular complexity index is 425. The van der Waals surface area contributed by atoms with Gasteiger partial charge >= 0.3 is 0 Å². The highest BCUT2D eigenvalue weighted by molar-refractivity contribution is 6.06. The lowest BCUT2D eigenvalue weighted by atomic mass is 9.98. The van der Waals surface area contributed by atoms with Crippen LogP contribution in [-0.4, -0.2) is 5.71 Å². The van der Waals surface area contributed by atoms with Gasteiger partial charge in [-0.3, -0.25) is 5.41 Å². The van der Waals surface area contributed by atoms with E-state index in [-0.39, 0.29) is 0 Å². The van der Waals surface area contributed by atoms with Gasteiger partial charge < -0.3 is 0 Å². The normalized spacial score (nSPS) is 14.9. The highest BCUT2D eigenvalue weighted by Gasteiger charge is 2.11. The first-order valence-corrected chi connectivity index (χ1v) is 4.64. The minimum Gasteiger partial charge on any atom is -0.275 e. The molecule has 2 rings (SSSR count). The predicted octanol–water partition coefficient (Wildman–Crippen LogP) is 3.17. The van der Waals surface area contributed by atoms with Crippen LogP contribution in [0.4, 0.5) is 0 Å². The highest BCUT2D eigenvalue weighted by atomic mass is 14.4. The minimum absolute atomic E-state index is 0.557. The maximum Gasteiger partial charge on any atom is 0.165 e. The number of rotatable bonds is 1. The smallest absolute Gasteiger partial charge is 0.165 e. The van der Waals surface area contributed by atoms with Gasteiger partial charge in [0, 0.05) is 5.56 Å². The van der Waals surface area contributed by atoms with Crippen molar-refractivity contribution in [3.8, 4) is 0 Å². The molecule has 0 saturated carbocycles. The van der Waals surface area contributed by atoms with Crippen LogP contribution in [0.2, 0.25) is 0 Å². The molecule has 1 heteroatoms. The summed E-state index contributed by atoms with van der Waals surface area (Å²) < 4.78 is 0. The number of allylic oxidation sites excluding steroid dienone is 4. The average Bonchev–Trinajstić information content (AvgIpc) is 2.19. The van der Waals surface area contributed by atoms with E-state index in [0.29, 0.717) is 5.71 Å². The van der Waals surface area contributed by atoms with Crippen molar-refractivity contribution < 1.29 is 0 Å². The molecule has 1 aromatic rings. The van der Waals surface area contributed by atoms with Gasteiger partial charge in [0.2, 0.25) is 0 Å². The molecule has 0 atom stereocenters. The van der Waals surface area contributed by atoms with Crippen LogP contribution in [0.5, 0.6) is 0 Å². The summed E-state index contributed by atoms with van der Waals surface area (Å²) in [5, 5.41) is 7.40. The van der Waals surface area contributed by atoms with Crippen LogP contribution in [0, 0.1) is 18.8 Å². The molecule has 0 heterocycles. The number of hydrogen-bond donors (Lipinski definition) is 1. The summed E-state index contributed by atoms with van der Waals surface area (Å²) in [5.74, 6) is 0. The molecule has 0 bridgehead atoms. The molecule has 0 saturated heterocycles. The van der Waals surface area contributed by atoms with E-state index in [1.807, 2.05) is 24.6 Å². The van der Waals surface area contributed by atoms with Gasteiger partial charge in [0.05, 0.1) is 30.2 Å². The van der Waals surface area contributed by atoms with Crippen LogP contribution in [0.25, 0.3) is 5.57 Å². The fraction of sp³-hybridized carbons (Fsp3) is 0.0769. The maximum atomic E-state index is 7.40. The van der Waals surface area contributed by atoms with Gasteiger partial charge in [0.25, 0.3) is 0 Å². The molecule has 0 aromatic heterocycles. The van der Waals surface area contributed by atoms with Crippen molar-refractivity contribution >= 4 is 11.3 Å². The standard InChI is InChI=1S/C13H12N/c1-10-3-2-4-12(9-10)11-5-7-13(14)8-6-11/h2-9,14H,1H3/q+1. The zero-order valence-electron chi connectivity index (χ0n) is 8.12. The second kappa shape index (κ2) is 3.54. The topological polar surface area (TPSA) is 23.9 Å². The Morgan fingerprint density at radius 3 is 2.71 bits per heavy atom. The molecule has 0 aliphatic heterocycles. The summed E-state index contributed by atoms with van der Waals surface area (Å²) in [5.41, 5.74) is 4.20. The molecule has 1 aliphatic carbocycles. The summed E-state index contributed by atoms with van der Waals surface area (Å²) in [6, 6.07) is 8.38. The molecule has 0 radical (unpaired) electrons. The van der Waals surface area contributed by atoms with Gasteiger partial charge in [0.1, 0.15) is 0 Å². The zero-order valence-corrected chi connectivity index (χ0v) is 8.12. The van der Waals surface area contributed by atoms with E-state index in [1.165, 1.54) is 16.7 Å². The molecule has 0 amide bonds. The Kier molecular flexibility index (Phi) is 2.23. The van der Waals surface area contributed by atoms with E-state index in [0.717, 1.165) is 0 Å². The van der Waals surface area contributed by atoms with Crippen molar-refractivity contribution in [2.24, 2.45) is 0 Å². The van der Waals surface area contributed by atoms with E-state index in [4.69, 9.17) is 5.41 Å². The van der Waals surface area contributed by atoms with Crippen molar-refractivity contribution in [1.29, 1.82) is 5.41 Å². The van der Waals surface area contributed by atoms with Crippen molar-refractivity contribution in [3.05, 3.63) is 60.0 Å². The van der Waals surface area contributed by atoms with Gasteiger partial charge in [-0.05, 0) is 24.6 Å². The quantitative estimate of drug-likeness (QED) is 0.645. The van der Waals surface area contributed by atoms with E-state index >= 15 is 0 Å². The van der Waals surface area contributed by atoms with Crippen molar-refractivity contribution in [2.75, 3.05) is 0 Å². The molecule has 14 heavy (non-hydrogen) atoms. The van der Waals surface area contributed by atoms with Gasteiger partial charge in [-0.1, -0.05) is 12.1 Å². The molecule has 0 spiro atoms. The van der Waals surface area contributed by atoms with Crippen LogP contribution in [0.3, 0.4) is 0 Å². The molecular formula is C13H12N+. The van der Waals surface area contributed by atoms with E-state index < -0.39 is 0 Å². The molecule has 1 N–H and O–H groups in total. The first-order chi connectivity index (χ1) is 6.75. The first-order valence-electron chi connectivity index (χ1n) is 4.64. The Morgan fingerprint density at radius 1 is 1.21 bits per heavy atom. The summed E-state index contributed by atoms with van der Waals surface area (Å²) in [6.45, 7) is 2.09. The average molecular weight is 182 g/mol. The largest absolute Gasteiger partial charge is 0.275 e. The predicted molar refractivity (Wildman–Crippen MR) is 60.3 cm³/mol. The monoisotopic (exact) mass is 182 g/mol. The Labute approximate surface area is 84.3 Å². The van der Waals surface area contributed by atoms with Crippen LogP contribution in [0.15, 0.2) is 42.5 Å². The van der Waals surface area contributed by atoms with Crippen LogP contribution in [-0.2, 0) is 0 Å². The summed E-state index contributed by atoms with van der Waals surface area (Å²) in [4.78, 5) is 0. The highest BCUT2D eigenvalue weighted by Crippen LogP contribution is 2.20. The number of aryl methyl sites for hydroxylation is 1. The van der Waals surface area contributed by atoms with Crippen molar-refractivity contribution in [3.63, 3.8) is 0 Å². The van der Waals surface area contributed by atoms with Gasteiger partial charge in [-0.15, -0.1) is 0 Å². The van der Waals surface area contributed by atoms with Crippen LogP contribution in [0.1, 0.15) is 11.1 Å². The molecule has 0 unspecified atom stereocenters.